The van der Waals surface area contributed by atoms with E-state index in [1.54, 1.807) is 0 Å². The number of alkyl halides is 3. The highest BCUT2D eigenvalue weighted by atomic mass is 32.2. The van der Waals surface area contributed by atoms with Gasteiger partial charge in [0, 0.05) is 16.7 Å². The normalized spacial score (nSPS) is 19.6. The van der Waals surface area contributed by atoms with E-state index in [1.165, 1.54) is 25.0 Å². The Hall–Kier alpha value is -0.880. The molecular formula is C15H20F3NOS. The maximum Gasteiger partial charge on any atom is 0.416 e. The van der Waals surface area contributed by atoms with E-state index in [0.29, 0.717) is 11.7 Å². The first-order valence-corrected chi connectivity index (χ1v) is 8.46. The lowest BCUT2D eigenvalue weighted by molar-refractivity contribution is -0.137. The minimum Gasteiger partial charge on any atom is -0.316 e. The molecule has 118 valence electrons. The summed E-state index contributed by atoms with van der Waals surface area (Å²) >= 11 is 0. The van der Waals surface area contributed by atoms with Gasteiger partial charge in [-0.2, -0.15) is 13.2 Å². The van der Waals surface area contributed by atoms with E-state index in [-0.39, 0.29) is 10.9 Å². The Morgan fingerprint density at radius 3 is 2.57 bits per heavy atom. The Morgan fingerprint density at radius 1 is 1.33 bits per heavy atom. The molecule has 0 radical (unpaired) electrons. The Balaban J connectivity index is 2.08. The van der Waals surface area contributed by atoms with Gasteiger partial charge in [0.1, 0.15) is 0 Å². The first-order valence-electron chi connectivity index (χ1n) is 7.14. The molecule has 6 heteroatoms. The van der Waals surface area contributed by atoms with Crippen LogP contribution < -0.4 is 5.32 Å². The van der Waals surface area contributed by atoms with E-state index >= 15 is 0 Å². The summed E-state index contributed by atoms with van der Waals surface area (Å²) in [6.07, 6.45) is 0.169. The molecule has 1 aliphatic rings. The smallest absolute Gasteiger partial charge is 0.316 e. The zero-order chi connectivity index (χ0) is 15.5. The average Bonchev–Trinajstić information content (AvgIpc) is 2.97. The van der Waals surface area contributed by atoms with Crippen molar-refractivity contribution in [3.8, 4) is 0 Å². The summed E-state index contributed by atoms with van der Waals surface area (Å²) in [5, 5.41) is 3.17. The van der Waals surface area contributed by atoms with Gasteiger partial charge in [-0.05, 0) is 44.0 Å². The quantitative estimate of drug-likeness (QED) is 0.898. The molecular weight excluding hydrogens is 299 g/mol. The monoisotopic (exact) mass is 319 g/mol. The fraction of sp³-hybridized carbons (Fsp3) is 0.600. The van der Waals surface area contributed by atoms with Crippen molar-refractivity contribution in [3.05, 3.63) is 29.8 Å². The summed E-state index contributed by atoms with van der Waals surface area (Å²) in [5.74, 6) is 0.840. The molecule has 0 saturated heterocycles. The third-order valence-electron chi connectivity index (χ3n) is 4.09. The SMILES string of the molecule is CNC(CS(=O)c1cccc(C(F)(F)F)c1)C1CCCC1. The first-order chi connectivity index (χ1) is 9.91. The molecule has 1 aromatic rings. The zero-order valence-electron chi connectivity index (χ0n) is 12.0. The highest BCUT2D eigenvalue weighted by Gasteiger charge is 2.31. The predicted octanol–water partition coefficient (Wildman–Crippen LogP) is 3.59. The lowest BCUT2D eigenvalue weighted by atomic mass is 10.0. The highest BCUT2D eigenvalue weighted by Crippen LogP contribution is 2.31. The van der Waals surface area contributed by atoms with Gasteiger partial charge >= 0.3 is 6.18 Å². The van der Waals surface area contributed by atoms with Gasteiger partial charge in [0.05, 0.1) is 16.4 Å². The zero-order valence-corrected chi connectivity index (χ0v) is 12.8. The van der Waals surface area contributed by atoms with Crippen LogP contribution in [-0.2, 0) is 17.0 Å². The fourth-order valence-corrected chi connectivity index (χ4v) is 4.33. The molecule has 2 atom stereocenters. The van der Waals surface area contributed by atoms with Gasteiger partial charge in [-0.25, -0.2) is 0 Å². The van der Waals surface area contributed by atoms with Crippen molar-refractivity contribution >= 4 is 10.8 Å². The summed E-state index contributed by atoms with van der Waals surface area (Å²) in [6.45, 7) is 0. The van der Waals surface area contributed by atoms with Gasteiger partial charge in [0.25, 0.3) is 0 Å². The van der Waals surface area contributed by atoms with Gasteiger partial charge in [0.15, 0.2) is 0 Å². The Kier molecular flexibility index (Phi) is 5.43. The number of halogens is 3. The van der Waals surface area contributed by atoms with Crippen molar-refractivity contribution < 1.29 is 17.4 Å². The van der Waals surface area contributed by atoms with Crippen LogP contribution in [0.1, 0.15) is 31.2 Å². The second-order valence-electron chi connectivity index (χ2n) is 5.48. The van der Waals surface area contributed by atoms with Gasteiger partial charge in [-0.1, -0.05) is 18.9 Å². The largest absolute Gasteiger partial charge is 0.416 e. The van der Waals surface area contributed by atoms with Crippen molar-refractivity contribution in [2.24, 2.45) is 5.92 Å². The summed E-state index contributed by atoms with van der Waals surface area (Å²) < 4.78 is 50.4. The van der Waals surface area contributed by atoms with E-state index in [2.05, 4.69) is 5.32 Å². The molecule has 0 spiro atoms. The molecule has 0 amide bonds. The van der Waals surface area contributed by atoms with Gasteiger partial charge < -0.3 is 5.32 Å². The topological polar surface area (TPSA) is 29.1 Å². The van der Waals surface area contributed by atoms with E-state index in [1.807, 2.05) is 7.05 Å². The number of rotatable bonds is 5. The molecule has 2 rings (SSSR count). The molecule has 0 aromatic heterocycles. The Morgan fingerprint density at radius 2 is 2.00 bits per heavy atom. The Labute approximate surface area is 125 Å². The molecule has 1 aromatic carbocycles. The van der Waals surface area contributed by atoms with Gasteiger partial charge in [0.2, 0.25) is 0 Å². The van der Waals surface area contributed by atoms with Crippen LogP contribution in [0.2, 0.25) is 0 Å². The van der Waals surface area contributed by atoms with Crippen molar-refractivity contribution in [2.45, 2.75) is 42.8 Å². The third kappa shape index (κ3) is 4.30. The Bertz CT molecular complexity index is 498. The van der Waals surface area contributed by atoms with Crippen LogP contribution in [0.5, 0.6) is 0 Å². The highest BCUT2D eigenvalue weighted by molar-refractivity contribution is 7.85. The summed E-state index contributed by atoms with van der Waals surface area (Å²) in [4.78, 5) is 0.253. The standard InChI is InChI=1S/C15H20F3NOS/c1-19-14(11-5-2-3-6-11)10-21(20)13-8-4-7-12(9-13)15(16,17)18/h4,7-9,11,14,19H,2-3,5-6,10H2,1H3. The predicted molar refractivity (Wildman–Crippen MR) is 77.5 cm³/mol. The summed E-state index contributed by atoms with van der Waals surface area (Å²) in [5.41, 5.74) is -0.741. The number of benzene rings is 1. The molecule has 1 aliphatic carbocycles. The van der Waals surface area contributed by atoms with Crippen LogP contribution in [0.3, 0.4) is 0 Å². The van der Waals surface area contributed by atoms with Gasteiger partial charge in [-0.3, -0.25) is 4.21 Å². The van der Waals surface area contributed by atoms with Gasteiger partial charge in [-0.15, -0.1) is 0 Å². The first kappa shape index (κ1) is 16.5. The molecule has 0 heterocycles. The summed E-state index contributed by atoms with van der Waals surface area (Å²) in [6, 6.07) is 4.93. The summed E-state index contributed by atoms with van der Waals surface area (Å²) in [7, 11) is 0.409. The third-order valence-corrected chi connectivity index (χ3v) is 5.54. The molecule has 0 bridgehead atoms. The van der Waals surface area contributed by atoms with Crippen LogP contribution in [0, 0.1) is 5.92 Å². The number of hydrogen-bond acceptors (Lipinski definition) is 2. The van der Waals surface area contributed by atoms with Crippen LogP contribution in [0.25, 0.3) is 0 Å². The minimum atomic E-state index is -4.39. The molecule has 1 N–H and O–H groups in total. The fourth-order valence-electron chi connectivity index (χ4n) is 2.89. The molecule has 21 heavy (non-hydrogen) atoms. The molecule has 0 aliphatic heterocycles. The van der Waals surface area contributed by atoms with Crippen molar-refractivity contribution in [1.29, 1.82) is 0 Å². The van der Waals surface area contributed by atoms with E-state index in [0.717, 1.165) is 25.0 Å². The molecule has 2 unspecified atom stereocenters. The van der Waals surface area contributed by atoms with Crippen molar-refractivity contribution in [2.75, 3.05) is 12.8 Å². The van der Waals surface area contributed by atoms with Crippen LogP contribution in [0.4, 0.5) is 13.2 Å². The van der Waals surface area contributed by atoms with E-state index in [4.69, 9.17) is 0 Å². The maximum absolute atomic E-state index is 12.7. The second-order valence-corrected chi connectivity index (χ2v) is 6.97. The molecule has 2 nitrogen and oxygen atoms in total. The van der Waals surface area contributed by atoms with Crippen LogP contribution in [-0.4, -0.2) is 23.1 Å². The van der Waals surface area contributed by atoms with E-state index < -0.39 is 22.5 Å². The van der Waals surface area contributed by atoms with Crippen molar-refractivity contribution in [1.82, 2.24) is 5.32 Å². The lowest BCUT2D eigenvalue weighted by Gasteiger charge is -2.22. The van der Waals surface area contributed by atoms with E-state index in [9.17, 15) is 17.4 Å². The molecule has 1 saturated carbocycles. The average molecular weight is 319 g/mol. The second kappa shape index (κ2) is 6.92. The van der Waals surface area contributed by atoms with Crippen LogP contribution >= 0.6 is 0 Å². The minimum absolute atomic E-state index is 0.0999. The number of hydrogen-bond donors (Lipinski definition) is 1. The van der Waals surface area contributed by atoms with Crippen molar-refractivity contribution in [3.63, 3.8) is 0 Å². The lowest BCUT2D eigenvalue weighted by Crippen LogP contribution is -2.37. The maximum atomic E-state index is 12.7. The molecule has 1 fully saturated rings. The van der Waals surface area contributed by atoms with Crippen LogP contribution in [0.15, 0.2) is 29.2 Å². The number of nitrogens with one attached hydrogen (secondary N) is 1.